The van der Waals surface area contributed by atoms with Crippen LogP contribution >= 0.6 is 0 Å². The summed E-state index contributed by atoms with van der Waals surface area (Å²) in [5.41, 5.74) is 0. The van der Waals surface area contributed by atoms with E-state index in [4.69, 9.17) is 0 Å². The third kappa shape index (κ3) is 11.6. The number of rotatable bonds is 6. The van der Waals surface area contributed by atoms with Crippen LogP contribution in [0.2, 0.25) is 0 Å². The molecule has 0 bridgehead atoms. The fourth-order valence-corrected chi connectivity index (χ4v) is 0.842. The van der Waals surface area contributed by atoms with Gasteiger partial charge >= 0.3 is 18.6 Å². The monoisotopic (exact) mass is 279 g/mol. The maximum Gasteiger partial charge on any atom is 2.00 e. The topological polar surface area (TPSA) is 14.1 Å². The standard InChI is InChI=1S/C9H17N.V.Y/c1-4-6-8-9(10-3)7-5-2;;/h4-5,8-9H,6-7H2,1-3H3;;/q-4;+2;. The molecule has 12 heavy (non-hydrogen) atoms. The molecule has 0 aromatic heterocycles. The Kier molecular flexibility index (Phi) is 24.3. The van der Waals surface area contributed by atoms with Crippen molar-refractivity contribution in [3.8, 4) is 0 Å². The average Bonchev–Trinajstić information content (AvgIpc) is 1.98. The number of hydrogen-bond donors (Lipinski definition) is 0. The Morgan fingerprint density at radius 1 is 1.25 bits per heavy atom. The predicted molar refractivity (Wildman–Crippen MR) is 46.6 cm³/mol. The van der Waals surface area contributed by atoms with E-state index < -0.39 is 0 Å². The molecular weight excluding hydrogens is 262 g/mol. The van der Waals surface area contributed by atoms with Gasteiger partial charge in [0.05, 0.1) is 0 Å². The molecule has 0 aromatic rings. The maximum absolute atomic E-state index is 4.21. The minimum Gasteiger partial charge on any atom is -0.690 e. The van der Waals surface area contributed by atoms with E-state index in [1.165, 1.54) is 0 Å². The molecule has 0 spiro atoms. The van der Waals surface area contributed by atoms with Gasteiger partial charge in [-0.25, -0.2) is 6.42 Å². The number of nitrogens with zero attached hydrogens (tertiary/aromatic N) is 1. The van der Waals surface area contributed by atoms with Gasteiger partial charge in [0.2, 0.25) is 0 Å². The van der Waals surface area contributed by atoms with E-state index in [-0.39, 0.29) is 51.3 Å². The second-order valence-electron chi connectivity index (χ2n) is 2.35. The zero-order valence-electron chi connectivity index (χ0n) is 8.20. The van der Waals surface area contributed by atoms with Gasteiger partial charge in [-0.3, -0.25) is 0 Å². The van der Waals surface area contributed by atoms with Crippen LogP contribution in [0.4, 0.5) is 0 Å². The van der Waals surface area contributed by atoms with Crippen molar-refractivity contribution in [3.05, 3.63) is 24.6 Å². The van der Waals surface area contributed by atoms with Gasteiger partial charge in [-0.15, -0.1) is 0 Å². The van der Waals surface area contributed by atoms with Crippen molar-refractivity contribution in [3.63, 3.8) is 0 Å². The van der Waals surface area contributed by atoms with Crippen LogP contribution in [0.1, 0.15) is 26.7 Å². The van der Waals surface area contributed by atoms with Crippen LogP contribution in [0.15, 0.2) is 0 Å². The molecule has 0 rings (SSSR count). The first-order valence-electron chi connectivity index (χ1n) is 3.83. The molecule has 0 amide bonds. The molecule has 1 nitrogen and oxygen atoms in total. The summed E-state index contributed by atoms with van der Waals surface area (Å²) >= 11 is 0. The van der Waals surface area contributed by atoms with E-state index in [2.05, 4.69) is 38.4 Å². The van der Waals surface area contributed by atoms with E-state index in [9.17, 15) is 0 Å². The summed E-state index contributed by atoms with van der Waals surface area (Å²) in [5, 5.41) is 4.21. The van der Waals surface area contributed by atoms with Crippen molar-refractivity contribution >= 4 is 0 Å². The Morgan fingerprint density at radius 2 is 1.83 bits per heavy atom. The van der Waals surface area contributed by atoms with Gasteiger partial charge in [-0.1, -0.05) is 0 Å². The van der Waals surface area contributed by atoms with Gasteiger partial charge in [-0.2, -0.15) is 20.9 Å². The molecule has 0 aliphatic rings. The van der Waals surface area contributed by atoms with Crippen molar-refractivity contribution in [2.24, 2.45) is 0 Å². The smallest absolute Gasteiger partial charge is 0.690 e. The Balaban J connectivity index is -0.000000405. The van der Waals surface area contributed by atoms with E-state index in [0.717, 1.165) is 12.8 Å². The second-order valence-corrected chi connectivity index (χ2v) is 2.35. The molecule has 3 heteroatoms. The van der Waals surface area contributed by atoms with Crippen LogP contribution in [0.5, 0.6) is 0 Å². The van der Waals surface area contributed by atoms with Crippen molar-refractivity contribution in [1.82, 2.24) is 0 Å². The zero-order valence-corrected chi connectivity index (χ0v) is 12.4. The molecule has 2 radical (unpaired) electrons. The summed E-state index contributed by atoms with van der Waals surface area (Å²) < 4.78 is 0. The molecule has 0 fully saturated rings. The molecule has 0 heterocycles. The Bertz CT molecular complexity index is 71.5. The number of unbranched alkanes of at least 4 members (excludes halogenated alkanes) is 1. The van der Waals surface area contributed by atoms with Gasteiger partial charge < -0.3 is 37.0 Å². The first-order valence-corrected chi connectivity index (χ1v) is 3.83. The summed E-state index contributed by atoms with van der Waals surface area (Å²) in [6, 6.07) is 0.432. The molecule has 0 N–H and O–H groups in total. The first-order chi connectivity index (χ1) is 4.85. The molecule has 0 saturated carbocycles. The molecule has 68 valence electrons. The molecule has 0 aliphatic heterocycles. The summed E-state index contributed by atoms with van der Waals surface area (Å²) in [6.07, 6.45) is 8.68. The Labute approximate surface area is 115 Å². The molecule has 0 aliphatic carbocycles. The van der Waals surface area contributed by atoms with Crippen LogP contribution < -0.4 is 0 Å². The fraction of sp³-hybridized carbons (Fsp3) is 0.667. The van der Waals surface area contributed by atoms with E-state index in [1.54, 1.807) is 0 Å². The van der Waals surface area contributed by atoms with Gasteiger partial charge in [0, 0.05) is 32.7 Å². The van der Waals surface area contributed by atoms with Crippen LogP contribution in [-0.2, 0) is 51.3 Å². The Morgan fingerprint density at radius 3 is 2.17 bits per heavy atom. The van der Waals surface area contributed by atoms with Gasteiger partial charge in [-0.05, 0) is 0 Å². The molecule has 0 aromatic carbocycles. The normalized spacial score (nSPS) is 11.2. The minimum atomic E-state index is 0. The van der Waals surface area contributed by atoms with Crippen LogP contribution in [0.25, 0.3) is 5.32 Å². The SMILES string of the molecule is C[CH-]C[CH-]C(C[CH-]C)[N-]C.[V+2].[Y]. The van der Waals surface area contributed by atoms with Crippen molar-refractivity contribution in [2.45, 2.75) is 32.7 Å². The first kappa shape index (κ1) is 19.3. The summed E-state index contributed by atoms with van der Waals surface area (Å²) in [7, 11) is 1.88. The summed E-state index contributed by atoms with van der Waals surface area (Å²) in [5.74, 6) is 0. The van der Waals surface area contributed by atoms with Crippen LogP contribution in [0.3, 0.4) is 0 Å². The van der Waals surface area contributed by atoms with Crippen LogP contribution in [-0.4, -0.2) is 13.1 Å². The van der Waals surface area contributed by atoms with Crippen molar-refractivity contribution in [1.29, 1.82) is 0 Å². The predicted octanol–water partition coefficient (Wildman–Crippen LogP) is 2.79. The van der Waals surface area contributed by atoms with Crippen molar-refractivity contribution in [2.75, 3.05) is 7.05 Å². The molecular formula is C9H17NVY-2. The van der Waals surface area contributed by atoms with Gasteiger partial charge in [0.1, 0.15) is 0 Å². The van der Waals surface area contributed by atoms with Crippen molar-refractivity contribution < 1.29 is 51.3 Å². The largest absolute Gasteiger partial charge is 2.00 e. The third-order valence-corrected chi connectivity index (χ3v) is 1.45. The zero-order chi connectivity index (χ0) is 7.82. The second kappa shape index (κ2) is 15.1. The molecule has 0 saturated heterocycles. The summed E-state index contributed by atoms with van der Waals surface area (Å²) in [4.78, 5) is 0. The van der Waals surface area contributed by atoms with Gasteiger partial charge in [0.15, 0.2) is 0 Å². The van der Waals surface area contributed by atoms with E-state index in [0.29, 0.717) is 6.04 Å². The third-order valence-electron chi connectivity index (χ3n) is 1.45. The van der Waals surface area contributed by atoms with E-state index in [1.807, 2.05) is 7.05 Å². The summed E-state index contributed by atoms with van der Waals surface area (Å²) in [6.45, 7) is 4.14. The number of hydrogen-bond acceptors (Lipinski definition) is 0. The minimum absolute atomic E-state index is 0. The fourth-order valence-electron chi connectivity index (χ4n) is 0.842. The quantitative estimate of drug-likeness (QED) is 0.664. The average molecular weight is 279 g/mol. The van der Waals surface area contributed by atoms with E-state index >= 15 is 0 Å². The molecule has 1 atom stereocenters. The Hall–Kier alpha value is 1.65. The maximum atomic E-state index is 4.21. The van der Waals surface area contributed by atoms with Crippen LogP contribution in [0, 0.1) is 19.3 Å². The molecule has 1 unspecified atom stereocenters. The van der Waals surface area contributed by atoms with Gasteiger partial charge in [0.25, 0.3) is 0 Å².